The minimum absolute atomic E-state index is 0.175. The van der Waals surface area contributed by atoms with Gasteiger partial charge < -0.3 is 0 Å². The largest absolute Gasteiger partial charge is 0.110 e. The average Bonchev–Trinajstić information content (AvgIpc) is 1.88. The summed E-state index contributed by atoms with van der Waals surface area (Å²) in [5, 5.41) is 0. The van der Waals surface area contributed by atoms with Crippen LogP contribution in [-0.2, 0) is 0 Å². The lowest BCUT2D eigenvalue weighted by Gasteiger charge is -2.25. The van der Waals surface area contributed by atoms with Crippen LogP contribution in [0.25, 0.3) is 0 Å². The second kappa shape index (κ2) is 7.94. The third-order valence-electron chi connectivity index (χ3n) is 1.51. The van der Waals surface area contributed by atoms with Crippen molar-refractivity contribution in [2.75, 3.05) is 0 Å². The molecular formula is C5H18P6. The summed E-state index contributed by atoms with van der Waals surface area (Å²) < 4.78 is 0. The molecule has 0 amide bonds. The van der Waals surface area contributed by atoms with Gasteiger partial charge in [-0.1, -0.05) is 28.2 Å². The van der Waals surface area contributed by atoms with Crippen LogP contribution < -0.4 is 0 Å². The van der Waals surface area contributed by atoms with Crippen LogP contribution in [0.15, 0.2) is 0 Å². The molecule has 0 aliphatic heterocycles. The zero-order valence-electron chi connectivity index (χ0n) is 7.12. The first-order valence-corrected chi connectivity index (χ1v) is 14.0. The van der Waals surface area contributed by atoms with Gasteiger partial charge in [-0.3, -0.25) is 0 Å². The molecule has 0 aromatic carbocycles. The van der Waals surface area contributed by atoms with E-state index in [0.717, 1.165) is 13.6 Å². The van der Waals surface area contributed by atoms with Crippen molar-refractivity contribution < 1.29 is 0 Å². The lowest BCUT2D eigenvalue weighted by Crippen LogP contribution is -1.92. The first-order chi connectivity index (χ1) is 5.13. The highest BCUT2D eigenvalue weighted by atomic mass is 32.9. The van der Waals surface area contributed by atoms with E-state index in [-0.39, 0.29) is 6.99 Å². The van der Waals surface area contributed by atoms with Gasteiger partial charge in [-0.05, 0) is 26.4 Å². The predicted octanol–water partition coefficient (Wildman–Crippen LogP) is 5.02. The highest BCUT2D eigenvalue weighted by Crippen LogP contribution is 2.90. The third-order valence-corrected chi connectivity index (χ3v) is 24.4. The number of hydrogen-bond donors (Lipinski definition) is 0. The Kier molecular flexibility index (Phi) is 9.80. The van der Waals surface area contributed by atoms with E-state index in [2.05, 4.69) is 40.6 Å². The highest BCUT2D eigenvalue weighted by Gasteiger charge is 2.17. The maximum atomic E-state index is 2.99. The third kappa shape index (κ3) is 5.80. The highest BCUT2D eigenvalue weighted by molar-refractivity contribution is 8.87. The number of hydrogen-bond acceptors (Lipinski definition) is 0. The van der Waals surface area contributed by atoms with Crippen LogP contribution >= 0.6 is 49.0 Å². The standard InChI is InChI=1S/C5H18P6/c1-3-4-5(2)10(9-6)11(7)8/h5,9H,3-4,6-8H2,1-2H3. The van der Waals surface area contributed by atoms with E-state index < -0.39 is 0 Å². The predicted molar refractivity (Wildman–Crippen MR) is 75.7 cm³/mol. The van der Waals surface area contributed by atoms with E-state index in [1.165, 1.54) is 12.8 Å². The molecule has 0 radical (unpaired) electrons. The Hall–Kier alpha value is 2.58. The van der Waals surface area contributed by atoms with Crippen LogP contribution in [0.4, 0.5) is 0 Å². The summed E-state index contributed by atoms with van der Waals surface area (Å²) in [5.41, 5.74) is 0.965. The Morgan fingerprint density at radius 2 is 2.00 bits per heavy atom. The minimum atomic E-state index is 0.175. The molecule has 6 atom stereocenters. The molecule has 0 aromatic heterocycles. The Morgan fingerprint density at radius 1 is 1.45 bits per heavy atom. The summed E-state index contributed by atoms with van der Waals surface area (Å²) in [6.07, 6.45) is 2.75. The van der Waals surface area contributed by atoms with Crippen molar-refractivity contribution in [1.29, 1.82) is 0 Å². The molecule has 0 N–H and O–H groups in total. The lowest BCUT2D eigenvalue weighted by molar-refractivity contribution is 0.785. The van der Waals surface area contributed by atoms with Crippen molar-refractivity contribution in [2.45, 2.75) is 32.3 Å². The van der Waals surface area contributed by atoms with Gasteiger partial charge in [0.05, 0.1) is 0 Å². The molecule has 0 fully saturated rings. The van der Waals surface area contributed by atoms with Crippen molar-refractivity contribution in [3.63, 3.8) is 0 Å². The molecule has 0 bridgehead atoms. The molecule has 0 nitrogen and oxygen atoms in total. The topological polar surface area (TPSA) is 0 Å². The fourth-order valence-corrected chi connectivity index (χ4v) is 27.6. The van der Waals surface area contributed by atoms with Gasteiger partial charge in [0.1, 0.15) is 0 Å². The summed E-state index contributed by atoms with van der Waals surface area (Å²) in [5.74, 6) is 0. The first kappa shape index (κ1) is 13.6. The molecule has 0 spiro atoms. The summed E-state index contributed by atoms with van der Waals surface area (Å²) in [7, 11) is 10.3. The minimum Gasteiger partial charge on any atom is -0.110 e. The normalized spacial score (nSPS) is 18.0. The number of rotatable bonds is 5. The van der Waals surface area contributed by atoms with Crippen LogP contribution in [0.3, 0.4) is 0 Å². The van der Waals surface area contributed by atoms with Gasteiger partial charge in [-0.25, -0.2) is 0 Å². The molecule has 0 rings (SSSR count). The molecule has 6 heteroatoms. The molecule has 0 saturated carbocycles. The van der Waals surface area contributed by atoms with E-state index in [9.17, 15) is 0 Å². The average molecular weight is 264 g/mol. The zero-order chi connectivity index (χ0) is 8.85. The summed E-state index contributed by atoms with van der Waals surface area (Å²) in [6.45, 7) is 4.87. The molecule has 0 saturated heterocycles. The van der Waals surface area contributed by atoms with E-state index in [4.69, 9.17) is 0 Å². The molecule has 0 aliphatic carbocycles. The molecular weight excluding hydrogens is 246 g/mol. The van der Waals surface area contributed by atoms with Crippen molar-refractivity contribution in [3.05, 3.63) is 0 Å². The van der Waals surface area contributed by atoms with Gasteiger partial charge >= 0.3 is 0 Å². The van der Waals surface area contributed by atoms with E-state index in [1.54, 1.807) is 0 Å². The van der Waals surface area contributed by atoms with Crippen LogP contribution in [0.2, 0.25) is 0 Å². The van der Waals surface area contributed by atoms with Crippen molar-refractivity contribution in [2.24, 2.45) is 0 Å². The Bertz CT molecular complexity index is 95.0. The van der Waals surface area contributed by atoms with E-state index in [0.29, 0.717) is 7.30 Å². The van der Waals surface area contributed by atoms with Crippen LogP contribution in [0.5, 0.6) is 0 Å². The van der Waals surface area contributed by atoms with Gasteiger partial charge in [-0.2, -0.15) is 0 Å². The molecule has 0 heterocycles. The lowest BCUT2D eigenvalue weighted by atomic mass is 10.3. The molecule has 0 aromatic rings. The van der Waals surface area contributed by atoms with Crippen LogP contribution in [-0.4, -0.2) is 5.66 Å². The van der Waals surface area contributed by atoms with Crippen molar-refractivity contribution >= 4 is 49.0 Å². The Morgan fingerprint density at radius 3 is 2.27 bits per heavy atom. The van der Waals surface area contributed by atoms with Crippen molar-refractivity contribution in [3.8, 4) is 0 Å². The monoisotopic (exact) mass is 264 g/mol. The van der Waals surface area contributed by atoms with Gasteiger partial charge in [0.25, 0.3) is 0 Å². The smallest absolute Gasteiger partial charge is 0.0154 e. The van der Waals surface area contributed by atoms with Gasteiger partial charge in [-0.15, -0.1) is 26.8 Å². The van der Waals surface area contributed by atoms with E-state index in [1.807, 2.05) is 0 Å². The fraction of sp³-hybridized carbons (Fsp3) is 1.00. The molecule has 68 valence electrons. The molecule has 0 aliphatic rings. The maximum absolute atomic E-state index is 2.99. The Balaban J connectivity index is 3.81. The molecule has 11 heavy (non-hydrogen) atoms. The second-order valence-corrected chi connectivity index (χ2v) is 21.2. The maximum Gasteiger partial charge on any atom is -0.0154 e. The zero-order valence-corrected chi connectivity index (χ0v) is 13.4. The van der Waals surface area contributed by atoms with Crippen molar-refractivity contribution in [1.82, 2.24) is 0 Å². The summed E-state index contributed by atoms with van der Waals surface area (Å²) >= 11 is 0. The van der Waals surface area contributed by atoms with Gasteiger partial charge in [0.15, 0.2) is 0 Å². The summed E-state index contributed by atoms with van der Waals surface area (Å²) in [4.78, 5) is 0. The van der Waals surface area contributed by atoms with E-state index >= 15 is 0 Å². The van der Waals surface area contributed by atoms with Crippen LogP contribution in [0.1, 0.15) is 26.7 Å². The Labute approximate surface area is 81.6 Å². The molecule has 6 unspecified atom stereocenters. The fourth-order valence-electron chi connectivity index (χ4n) is 0.962. The summed E-state index contributed by atoms with van der Waals surface area (Å²) in [6, 6.07) is 0. The second-order valence-electron chi connectivity index (χ2n) is 2.49. The van der Waals surface area contributed by atoms with Gasteiger partial charge in [0.2, 0.25) is 0 Å². The quantitative estimate of drug-likeness (QED) is 0.611. The SMILES string of the molecule is CCCC(C)P(PP)P(P)P. The van der Waals surface area contributed by atoms with Crippen LogP contribution in [0, 0.1) is 0 Å². The van der Waals surface area contributed by atoms with Gasteiger partial charge in [0, 0.05) is 0 Å². The first-order valence-electron chi connectivity index (χ1n) is 3.68.